The number of benzene rings is 2. The normalized spacial score (nSPS) is 12.2. The van der Waals surface area contributed by atoms with Gasteiger partial charge < -0.3 is 10.1 Å². The first kappa shape index (κ1) is 17.2. The summed E-state index contributed by atoms with van der Waals surface area (Å²) < 4.78 is 8.89. The lowest BCUT2D eigenvalue weighted by molar-refractivity contribution is 0.404. The van der Waals surface area contributed by atoms with E-state index in [0.29, 0.717) is 0 Å². The van der Waals surface area contributed by atoms with Crippen LogP contribution in [0.25, 0.3) is 0 Å². The van der Waals surface area contributed by atoms with Crippen LogP contribution >= 0.6 is 54.5 Å². The maximum absolute atomic E-state index is 5.54. The van der Waals surface area contributed by atoms with Crippen molar-refractivity contribution in [2.45, 2.75) is 13.0 Å². The molecule has 5 heteroatoms. The van der Waals surface area contributed by atoms with Gasteiger partial charge in [-0.2, -0.15) is 0 Å². The number of hydrogen-bond donors (Lipinski definition) is 1. The second kappa shape index (κ2) is 7.94. The van der Waals surface area contributed by atoms with Gasteiger partial charge in [0.15, 0.2) is 0 Å². The smallest absolute Gasteiger partial charge is 0.124 e. The average Bonchev–Trinajstić information content (AvgIpc) is 2.47. The lowest BCUT2D eigenvalue weighted by Gasteiger charge is -2.23. The minimum Gasteiger partial charge on any atom is -0.496 e. The van der Waals surface area contributed by atoms with E-state index in [4.69, 9.17) is 4.74 Å². The van der Waals surface area contributed by atoms with Crippen LogP contribution in [0.1, 0.15) is 24.1 Å². The van der Waals surface area contributed by atoms with Crippen LogP contribution in [0.3, 0.4) is 0 Å². The second-order valence-electron chi connectivity index (χ2n) is 4.54. The lowest BCUT2D eigenvalue weighted by atomic mass is 9.98. The van der Waals surface area contributed by atoms with E-state index in [1.165, 1.54) is 9.13 Å². The zero-order valence-corrected chi connectivity index (χ0v) is 17.1. The van der Waals surface area contributed by atoms with Crippen LogP contribution in [0.15, 0.2) is 45.3 Å². The van der Waals surface area contributed by atoms with E-state index in [0.717, 1.165) is 26.8 Å². The van der Waals surface area contributed by atoms with Crippen molar-refractivity contribution < 1.29 is 4.74 Å². The lowest BCUT2D eigenvalue weighted by Crippen LogP contribution is -2.23. The van der Waals surface area contributed by atoms with Gasteiger partial charge >= 0.3 is 0 Å². The summed E-state index contributed by atoms with van der Waals surface area (Å²) in [6, 6.07) is 12.5. The Hall–Kier alpha value is -0.110. The molecule has 2 aromatic rings. The summed E-state index contributed by atoms with van der Waals surface area (Å²) in [4.78, 5) is 0. The number of rotatable bonds is 5. The maximum atomic E-state index is 5.54. The molecule has 2 nitrogen and oxygen atoms in total. The van der Waals surface area contributed by atoms with Crippen molar-refractivity contribution in [3.05, 3.63) is 60.0 Å². The van der Waals surface area contributed by atoms with E-state index in [1.807, 2.05) is 12.1 Å². The summed E-state index contributed by atoms with van der Waals surface area (Å²) in [5.41, 5.74) is 2.33. The molecule has 1 unspecified atom stereocenters. The molecule has 0 heterocycles. The second-order valence-corrected chi connectivity index (χ2v) is 7.56. The van der Waals surface area contributed by atoms with Gasteiger partial charge in [-0.25, -0.2) is 0 Å². The molecule has 0 radical (unpaired) electrons. The van der Waals surface area contributed by atoms with E-state index >= 15 is 0 Å². The molecule has 0 fully saturated rings. The fraction of sp³-hybridized carbons (Fsp3) is 0.250. The van der Waals surface area contributed by atoms with E-state index in [1.54, 1.807) is 7.11 Å². The van der Waals surface area contributed by atoms with Crippen molar-refractivity contribution in [1.82, 2.24) is 5.32 Å². The Morgan fingerprint density at radius 3 is 2.57 bits per heavy atom. The molecule has 112 valence electrons. The third-order valence-corrected chi connectivity index (χ3v) is 5.07. The van der Waals surface area contributed by atoms with E-state index in [2.05, 4.69) is 91.0 Å². The van der Waals surface area contributed by atoms with Crippen molar-refractivity contribution >= 4 is 54.5 Å². The summed E-state index contributed by atoms with van der Waals surface area (Å²) in [6.45, 7) is 2.98. The Morgan fingerprint density at radius 1 is 1.14 bits per heavy atom. The molecule has 0 saturated heterocycles. The standard InChI is InChI=1S/C16H16Br2INO/c1-3-20-16(12-9-11(19)5-6-14(12)18)13-8-10(17)4-7-15(13)21-2/h4-9,16,20H,3H2,1-2H3. The van der Waals surface area contributed by atoms with Crippen molar-refractivity contribution in [3.63, 3.8) is 0 Å². The van der Waals surface area contributed by atoms with Crippen LogP contribution in [0.4, 0.5) is 0 Å². The van der Waals surface area contributed by atoms with Crippen LogP contribution < -0.4 is 10.1 Å². The topological polar surface area (TPSA) is 21.3 Å². The number of hydrogen-bond acceptors (Lipinski definition) is 2. The van der Waals surface area contributed by atoms with Crippen molar-refractivity contribution in [3.8, 4) is 5.75 Å². The quantitative estimate of drug-likeness (QED) is 0.520. The highest BCUT2D eigenvalue weighted by molar-refractivity contribution is 14.1. The molecule has 21 heavy (non-hydrogen) atoms. The molecular formula is C16H16Br2INO. The van der Waals surface area contributed by atoms with E-state index in [-0.39, 0.29) is 6.04 Å². The first-order valence-electron chi connectivity index (χ1n) is 6.58. The summed E-state index contributed by atoms with van der Waals surface area (Å²) in [7, 11) is 1.71. The van der Waals surface area contributed by atoms with Gasteiger partial charge in [-0.3, -0.25) is 0 Å². The highest BCUT2D eigenvalue weighted by Gasteiger charge is 2.20. The van der Waals surface area contributed by atoms with Crippen LogP contribution in [0, 0.1) is 3.57 Å². The Kier molecular flexibility index (Phi) is 6.52. The van der Waals surface area contributed by atoms with Gasteiger partial charge in [0.2, 0.25) is 0 Å². The van der Waals surface area contributed by atoms with Crippen molar-refractivity contribution in [2.24, 2.45) is 0 Å². The monoisotopic (exact) mass is 523 g/mol. The van der Waals surface area contributed by atoms with Crippen molar-refractivity contribution in [1.29, 1.82) is 0 Å². The summed E-state index contributed by atoms with van der Waals surface area (Å²) in [5.74, 6) is 0.884. The summed E-state index contributed by atoms with van der Waals surface area (Å²) in [5, 5.41) is 3.55. The minimum atomic E-state index is 0.0755. The van der Waals surface area contributed by atoms with E-state index in [9.17, 15) is 0 Å². The highest BCUT2D eigenvalue weighted by Crippen LogP contribution is 2.36. The van der Waals surface area contributed by atoms with Gasteiger partial charge in [-0.15, -0.1) is 0 Å². The molecule has 0 aromatic heterocycles. The largest absolute Gasteiger partial charge is 0.496 e. The Morgan fingerprint density at radius 2 is 1.90 bits per heavy atom. The predicted octanol–water partition coefficient (Wildman–Crippen LogP) is 5.52. The average molecular weight is 525 g/mol. The zero-order valence-electron chi connectivity index (χ0n) is 11.8. The third-order valence-electron chi connectivity index (χ3n) is 3.18. The van der Waals surface area contributed by atoms with Crippen LogP contribution in [-0.4, -0.2) is 13.7 Å². The Labute approximate surface area is 156 Å². The molecule has 0 amide bonds. The predicted molar refractivity (Wildman–Crippen MR) is 103 cm³/mol. The molecule has 0 aliphatic rings. The van der Waals surface area contributed by atoms with Crippen LogP contribution in [0.2, 0.25) is 0 Å². The summed E-state index contributed by atoms with van der Waals surface area (Å²) in [6.07, 6.45) is 0. The SMILES string of the molecule is CCNC(c1cc(I)ccc1Br)c1cc(Br)ccc1OC. The van der Waals surface area contributed by atoms with Gasteiger partial charge in [0.1, 0.15) is 5.75 Å². The third kappa shape index (κ3) is 4.21. The van der Waals surface area contributed by atoms with Gasteiger partial charge in [-0.1, -0.05) is 38.8 Å². The molecule has 0 spiro atoms. The first-order valence-corrected chi connectivity index (χ1v) is 9.25. The Balaban J connectivity index is 2.58. The zero-order chi connectivity index (χ0) is 15.4. The van der Waals surface area contributed by atoms with Gasteiger partial charge in [-0.05, 0) is 71.1 Å². The molecule has 0 saturated carbocycles. The molecule has 2 aromatic carbocycles. The first-order chi connectivity index (χ1) is 10.1. The molecule has 2 rings (SSSR count). The fourth-order valence-corrected chi connectivity index (χ4v) is 3.63. The number of methoxy groups -OCH3 is 1. The molecule has 1 atom stereocenters. The number of ether oxygens (including phenoxy) is 1. The number of halogens is 3. The molecule has 0 aliphatic heterocycles. The minimum absolute atomic E-state index is 0.0755. The molecule has 1 N–H and O–H groups in total. The molecular weight excluding hydrogens is 509 g/mol. The van der Waals surface area contributed by atoms with Crippen molar-refractivity contribution in [2.75, 3.05) is 13.7 Å². The molecule has 0 bridgehead atoms. The van der Waals surface area contributed by atoms with Gasteiger partial charge in [0.05, 0.1) is 13.2 Å². The van der Waals surface area contributed by atoms with Gasteiger partial charge in [0.25, 0.3) is 0 Å². The maximum Gasteiger partial charge on any atom is 0.124 e. The van der Waals surface area contributed by atoms with Crippen LogP contribution in [0.5, 0.6) is 5.75 Å². The Bertz CT molecular complexity index is 634. The summed E-state index contributed by atoms with van der Waals surface area (Å²) >= 11 is 9.56. The van der Waals surface area contributed by atoms with E-state index < -0.39 is 0 Å². The highest BCUT2D eigenvalue weighted by atomic mass is 127. The fourth-order valence-electron chi connectivity index (χ4n) is 2.26. The van der Waals surface area contributed by atoms with Gasteiger partial charge in [0, 0.05) is 18.1 Å². The van der Waals surface area contributed by atoms with Crippen LogP contribution in [-0.2, 0) is 0 Å². The number of nitrogens with one attached hydrogen (secondary N) is 1. The molecule has 0 aliphatic carbocycles.